The maximum absolute atomic E-state index is 6.50. The molecule has 0 amide bonds. The minimum absolute atomic E-state index is 0.241. The highest BCUT2D eigenvalue weighted by Gasteiger charge is 2.24. The molecule has 24 heavy (non-hydrogen) atoms. The first-order valence-corrected chi connectivity index (χ1v) is 9.07. The average Bonchev–Trinajstić information content (AvgIpc) is 2.67. The lowest BCUT2D eigenvalue weighted by molar-refractivity contribution is -0.0539. The summed E-state index contributed by atoms with van der Waals surface area (Å²) in [5, 5.41) is 2.65. The fourth-order valence-corrected chi connectivity index (χ4v) is 3.84. The van der Waals surface area contributed by atoms with E-state index in [4.69, 9.17) is 4.74 Å². The fraction of sp³-hybridized carbons (Fsp3) is 0.304. The maximum atomic E-state index is 6.50. The molecule has 0 saturated carbocycles. The molecule has 1 aliphatic rings. The van der Waals surface area contributed by atoms with Gasteiger partial charge in [-0.15, -0.1) is 0 Å². The third-order valence-electron chi connectivity index (χ3n) is 5.12. The highest BCUT2D eigenvalue weighted by Crippen LogP contribution is 2.36. The summed E-state index contributed by atoms with van der Waals surface area (Å²) in [6.45, 7) is 0. The zero-order valence-corrected chi connectivity index (χ0v) is 14.0. The van der Waals surface area contributed by atoms with Gasteiger partial charge in [-0.3, -0.25) is 0 Å². The van der Waals surface area contributed by atoms with Crippen LogP contribution in [0.3, 0.4) is 0 Å². The molecule has 1 fully saturated rings. The average molecular weight is 316 g/mol. The molecule has 0 unspecified atom stereocenters. The second-order valence-electron chi connectivity index (χ2n) is 6.77. The first kappa shape index (κ1) is 15.4. The molecule has 3 aromatic rings. The van der Waals surface area contributed by atoms with Crippen LogP contribution in [0.5, 0.6) is 0 Å². The molecule has 1 nitrogen and oxygen atoms in total. The molecule has 0 bridgehead atoms. The minimum Gasteiger partial charge on any atom is -0.370 e. The first-order chi connectivity index (χ1) is 11.9. The normalized spacial score (nSPS) is 21.0. The van der Waals surface area contributed by atoms with Gasteiger partial charge in [0.15, 0.2) is 0 Å². The van der Waals surface area contributed by atoms with Crippen LogP contribution in [0.15, 0.2) is 72.8 Å². The molecule has 1 saturated heterocycles. The van der Waals surface area contributed by atoms with Gasteiger partial charge in [0.05, 0.1) is 12.2 Å². The molecule has 0 aliphatic carbocycles. The molecule has 2 atom stereocenters. The molecular formula is C23H24O. The van der Waals surface area contributed by atoms with Crippen molar-refractivity contribution in [3.63, 3.8) is 0 Å². The van der Waals surface area contributed by atoms with E-state index in [-0.39, 0.29) is 6.10 Å². The van der Waals surface area contributed by atoms with E-state index in [2.05, 4.69) is 72.8 Å². The Morgan fingerprint density at radius 2 is 1.58 bits per heavy atom. The maximum Gasteiger partial charge on any atom is 0.0834 e. The summed E-state index contributed by atoms with van der Waals surface area (Å²) in [6, 6.07) is 26.0. The molecule has 0 radical (unpaired) electrons. The first-order valence-electron chi connectivity index (χ1n) is 9.07. The lowest BCUT2D eigenvalue weighted by Gasteiger charge is -2.31. The Bertz CT molecular complexity index is 788. The second kappa shape index (κ2) is 7.19. The van der Waals surface area contributed by atoms with E-state index in [1.54, 1.807) is 0 Å². The van der Waals surface area contributed by atoms with E-state index in [9.17, 15) is 0 Å². The molecule has 1 heterocycles. The largest absolute Gasteiger partial charge is 0.370 e. The highest BCUT2D eigenvalue weighted by atomic mass is 16.5. The molecule has 1 heteroatoms. The number of hydrogen-bond acceptors (Lipinski definition) is 1. The van der Waals surface area contributed by atoms with Crippen molar-refractivity contribution in [2.45, 2.75) is 44.3 Å². The summed E-state index contributed by atoms with van der Waals surface area (Å²) in [5.41, 5.74) is 2.77. The quantitative estimate of drug-likeness (QED) is 0.566. The van der Waals surface area contributed by atoms with E-state index in [0.29, 0.717) is 6.10 Å². The number of aryl methyl sites for hydroxylation is 1. The fourth-order valence-electron chi connectivity index (χ4n) is 3.84. The zero-order chi connectivity index (χ0) is 16.2. The van der Waals surface area contributed by atoms with Gasteiger partial charge in [0.2, 0.25) is 0 Å². The minimum atomic E-state index is 0.241. The molecule has 0 N–H and O–H groups in total. The van der Waals surface area contributed by atoms with Gasteiger partial charge in [-0.05, 0) is 54.0 Å². The van der Waals surface area contributed by atoms with Crippen molar-refractivity contribution in [1.29, 1.82) is 0 Å². The van der Waals surface area contributed by atoms with Crippen molar-refractivity contribution in [3.8, 4) is 0 Å². The van der Waals surface area contributed by atoms with E-state index in [1.165, 1.54) is 34.7 Å². The van der Waals surface area contributed by atoms with Gasteiger partial charge < -0.3 is 4.74 Å². The predicted molar refractivity (Wildman–Crippen MR) is 100 cm³/mol. The third kappa shape index (κ3) is 3.37. The lowest BCUT2D eigenvalue weighted by atomic mass is 9.92. The van der Waals surface area contributed by atoms with Crippen LogP contribution in [0.1, 0.15) is 42.9 Å². The van der Waals surface area contributed by atoms with Crippen molar-refractivity contribution in [3.05, 3.63) is 83.9 Å². The Kier molecular flexibility index (Phi) is 4.62. The smallest absolute Gasteiger partial charge is 0.0834 e. The summed E-state index contributed by atoms with van der Waals surface area (Å²) in [5.74, 6) is 0. The van der Waals surface area contributed by atoms with Gasteiger partial charge in [-0.25, -0.2) is 0 Å². The number of benzene rings is 3. The van der Waals surface area contributed by atoms with Crippen LogP contribution in [-0.2, 0) is 11.2 Å². The van der Waals surface area contributed by atoms with E-state index in [1.807, 2.05) is 0 Å². The van der Waals surface area contributed by atoms with Crippen LogP contribution in [0.4, 0.5) is 0 Å². The topological polar surface area (TPSA) is 9.23 Å². The molecule has 0 spiro atoms. The highest BCUT2D eigenvalue weighted by molar-refractivity contribution is 5.86. The van der Waals surface area contributed by atoms with E-state index in [0.717, 1.165) is 19.3 Å². The van der Waals surface area contributed by atoms with Crippen LogP contribution in [0.25, 0.3) is 10.8 Å². The van der Waals surface area contributed by atoms with Gasteiger partial charge in [0.1, 0.15) is 0 Å². The van der Waals surface area contributed by atoms with Gasteiger partial charge in [0, 0.05) is 0 Å². The predicted octanol–water partition coefficient (Wildman–Crippen LogP) is 6.08. The van der Waals surface area contributed by atoms with E-state index < -0.39 is 0 Å². The summed E-state index contributed by atoms with van der Waals surface area (Å²) < 4.78 is 6.50. The molecule has 0 aromatic heterocycles. The summed E-state index contributed by atoms with van der Waals surface area (Å²) >= 11 is 0. The van der Waals surface area contributed by atoms with Gasteiger partial charge in [-0.2, -0.15) is 0 Å². The van der Waals surface area contributed by atoms with Gasteiger partial charge in [-0.1, -0.05) is 72.8 Å². The van der Waals surface area contributed by atoms with Gasteiger partial charge >= 0.3 is 0 Å². The van der Waals surface area contributed by atoms with Crippen LogP contribution in [0.2, 0.25) is 0 Å². The Hall–Kier alpha value is -2.12. The number of ether oxygens (including phenoxy) is 1. The monoisotopic (exact) mass is 316 g/mol. The standard InChI is InChI=1S/C23H24O/c1-2-8-18(9-3-1)16-17-20-12-7-15-23(24-20)22-14-6-11-19-10-4-5-13-21(19)22/h1-6,8-11,13-14,20,23H,7,12,15-17H2/t20-,23+/m0/s1. The van der Waals surface area contributed by atoms with Crippen LogP contribution >= 0.6 is 0 Å². The Balaban J connectivity index is 1.48. The van der Waals surface area contributed by atoms with Crippen molar-refractivity contribution >= 4 is 10.8 Å². The number of hydrogen-bond donors (Lipinski definition) is 0. The summed E-state index contributed by atoms with van der Waals surface area (Å²) in [6.07, 6.45) is 6.42. The van der Waals surface area contributed by atoms with E-state index >= 15 is 0 Å². The Labute approximate surface area is 144 Å². The molecule has 1 aliphatic heterocycles. The van der Waals surface area contributed by atoms with Crippen molar-refractivity contribution in [1.82, 2.24) is 0 Å². The molecule has 3 aromatic carbocycles. The van der Waals surface area contributed by atoms with Crippen LogP contribution in [0, 0.1) is 0 Å². The van der Waals surface area contributed by atoms with Crippen molar-refractivity contribution in [2.75, 3.05) is 0 Å². The number of rotatable bonds is 4. The summed E-state index contributed by atoms with van der Waals surface area (Å²) in [4.78, 5) is 0. The van der Waals surface area contributed by atoms with Crippen LogP contribution < -0.4 is 0 Å². The molecule has 122 valence electrons. The third-order valence-corrected chi connectivity index (χ3v) is 5.12. The van der Waals surface area contributed by atoms with Crippen LogP contribution in [-0.4, -0.2) is 6.10 Å². The zero-order valence-electron chi connectivity index (χ0n) is 14.0. The molecular weight excluding hydrogens is 292 g/mol. The summed E-state index contributed by atoms with van der Waals surface area (Å²) in [7, 11) is 0. The Morgan fingerprint density at radius 3 is 2.50 bits per heavy atom. The molecule has 4 rings (SSSR count). The SMILES string of the molecule is c1ccc(CC[C@@H]2CCC[C@H](c3cccc4ccccc34)O2)cc1. The van der Waals surface area contributed by atoms with Gasteiger partial charge in [0.25, 0.3) is 0 Å². The Morgan fingerprint density at radius 1 is 0.792 bits per heavy atom. The van der Waals surface area contributed by atoms with Crippen molar-refractivity contribution < 1.29 is 4.74 Å². The second-order valence-corrected chi connectivity index (χ2v) is 6.77. The number of fused-ring (bicyclic) bond motifs is 1. The lowest BCUT2D eigenvalue weighted by Crippen LogP contribution is -2.23. The van der Waals surface area contributed by atoms with Crippen molar-refractivity contribution in [2.24, 2.45) is 0 Å².